The van der Waals surface area contributed by atoms with Gasteiger partial charge >= 0.3 is 0 Å². The van der Waals surface area contributed by atoms with Gasteiger partial charge in [-0.1, -0.05) is 19.8 Å². The summed E-state index contributed by atoms with van der Waals surface area (Å²) in [5, 5.41) is 3.21. The van der Waals surface area contributed by atoms with Gasteiger partial charge in [-0.2, -0.15) is 4.31 Å². The first-order chi connectivity index (χ1) is 8.66. The van der Waals surface area contributed by atoms with Crippen LogP contribution in [0.2, 0.25) is 0 Å². The highest BCUT2D eigenvalue weighted by Crippen LogP contribution is 2.29. The standard InChI is InChI=1S/C13H26N2O2S/c1-2-11-15(12-7-9-14-10-8-12)18(16,17)13-5-3-4-6-13/h12-14H,2-11H2,1H3. The second kappa shape index (κ2) is 6.35. The third-order valence-corrected chi connectivity index (χ3v) is 6.66. The highest BCUT2D eigenvalue weighted by molar-refractivity contribution is 7.89. The van der Waals surface area contributed by atoms with Gasteiger partial charge in [0.2, 0.25) is 10.0 Å². The lowest BCUT2D eigenvalue weighted by molar-refractivity contribution is 0.259. The van der Waals surface area contributed by atoms with Crippen molar-refractivity contribution in [2.75, 3.05) is 19.6 Å². The van der Waals surface area contributed by atoms with Crippen LogP contribution >= 0.6 is 0 Å². The van der Waals surface area contributed by atoms with Gasteiger partial charge in [-0.05, 0) is 45.2 Å². The van der Waals surface area contributed by atoms with Crippen LogP contribution in [0.5, 0.6) is 0 Å². The highest BCUT2D eigenvalue weighted by atomic mass is 32.2. The summed E-state index contributed by atoms with van der Waals surface area (Å²) in [6.07, 6.45) is 6.74. The smallest absolute Gasteiger partial charge is 0.217 e. The molecule has 1 saturated heterocycles. The fourth-order valence-electron chi connectivity index (χ4n) is 3.21. The molecule has 0 aromatic carbocycles. The third kappa shape index (κ3) is 3.06. The van der Waals surface area contributed by atoms with Crippen molar-refractivity contribution < 1.29 is 8.42 Å². The van der Waals surface area contributed by atoms with Crippen LogP contribution in [0.4, 0.5) is 0 Å². The molecule has 2 rings (SSSR count). The molecule has 4 nitrogen and oxygen atoms in total. The summed E-state index contributed by atoms with van der Waals surface area (Å²) >= 11 is 0. The van der Waals surface area contributed by atoms with E-state index in [2.05, 4.69) is 12.2 Å². The van der Waals surface area contributed by atoms with Crippen molar-refractivity contribution >= 4 is 10.0 Å². The fraction of sp³-hybridized carbons (Fsp3) is 1.00. The Morgan fingerprint density at radius 3 is 2.28 bits per heavy atom. The normalized spacial score (nSPS) is 23.9. The quantitative estimate of drug-likeness (QED) is 0.830. The molecule has 0 radical (unpaired) electrons. The molecule has 0 unspecified atom stereocenters. The van der Waals surface area contributed by atoms with Crippen LogP contribution in [0, 0.1) is 0 Å². The van der Waals surface area contributed by atoms with Crippen molar-refractivity contribution in [1.82, 2.24) is 9.62 Å². The van der Waals surface area contributed by atoms with Crippen molar-refractivity contribution in [3.63, 3.8) is 0 Å². The van der Waals surface area contributed by atoms with E-state index in [1.165, 1.54) is 0 Å². The monoisotopic (exact) mass is 274 g/mol. The van der Waals surface area contributed by atoms with Crippen LogP contribution in [0.25, 0.3) is 0 Å². The van der Waals surface area contributed by atoms with Gasteiger partial charge in [0.15, 0.2) is 0 Å². The number of hydrogen-bond acceptors (Lipinski definition) is 3. The van der Waals surface area contributed by atoms with Gasteiger partial charge in [-0.25, -0.2) is 8.42 Å². The minimum absolute atomic E-state index is 0.0982. The maximum atomic E-state index is 12.7. The minimum Gasteiger partial charge on any atom is -0.317 e. The number of piperidine rings is 1. The minimum atomic E-state index is -3.06. The summed E-state index contributed by atoms with van der Waals surface area (Å²) in [4.78, 5) is 0. The van der Waals surface area contributed by atoms with E-state index in [1.807, 2.05) is 4.31 Å². The van der Waals surface area contributed by atoms with Gasteiger partial charge < -0.3 is 5.32 Å². The molecule has 0 aromatic heterocycles. The summed E-state index contributed by atoms with van der Waals surface area (Å²) in [5.41, 5.74) is 0. The molecule has 18 heavy (non-hydrogen) atoms. The molecule has 1 N–H and O–H groups in total. The molecule has 1 heterocycles. The van der Waals surface area contributed by atoms with E-state index >= 15 is 0 Å². The number of sulfonamides is 1. The van der Waals surface area contributed by atoms with Crippen molar-refractivity contribution in [3.8, 4) is 0 Å². The Kier molecular flexibility index (Phi) is 5.04. The molecule has 2 aliphatic rings. The SMILES string of the molecule is CCCN(C1CCNCC1)S(=O)(=O)C1CCCC1. The number of rotatable bonds is 5. The lowest BCUT2D eigenvalue weighted by atomic mass is 10.1. The molecular formula is C13H26N2O2S. The Balaban J connectivity index is 2.11. The fourth-order valence-corrected chi connectivity index (χ4v) is 5.59. The molecule has 1 saturated carbocycles. The summed E-state index contributed by atoms with van der Waals surface area (Å²) < 4.78 is 27.3. The maximum absolute atomic E-state index is 12.7. The average Bonchev–Trinajstić information content (AvgIpc) is 2.91. The lowest BCUT2D eigenvalue weighted by Crippen LogP contribution is -2.49. The highest BCUT2D eigenvalue weighted by Gasteiger charge is 2.37. The van der Waals surface area contributed by atoms with E-state index in [0.29, 0.717) is 6.54 Å². The van der Waals surface area contributed by atoms with E-state index in [-0.39, 0.29) is 11.3 Å². The lowest BCUT2D eigenvalue weighted by Gasteiger charge is -2.35. The van der Waals surface area contributed by atoms with E-state index < -0.39 is 10.0 Å². The topological polar surface area (TPSA) is 49.4 Å². The van der Waals surface area contributed by atoms with E-state index in [1.54, 1.807) is 0 Å². The molecule has 0 bridgehead atoms. The first-order valence-electron chi connectivity index (χ1n) is 7.37. The molecule has 1 aliphatic heterocycles. The second-order valence-electron chi connectivity index (χ2n) is 5.54. The molecule has 0 spiro atoms. The van der Waals surface area contributed by atoms with Crippen molar-refractivity contribution in [1.29, 1.82) is 0 Å². The summed E-state index contributed by atoms with van der Waals surface area (Å²) in [7, 11) is -3.06. The van der Waals surface area contributed by atoms with E-state index in [0.717, 1.165) is 58.0 Å². The molecular weight excluding hydrogens is 248 g/mol. The zero-order valence-corrected chi connectivity index (χ0v) is 12.2. The van der Waals surface area contributed by atoms with Gasteiger partial charge in [-0.15, -0.1) is 0 Å². The van der Waals surface area contributed by atoms with E-state index in [9.17, 15) is 8.42 Å². The maximum Gasteiger partial charge on any atom is 0.217 e. The molecule has 0 aromatic rings. The van der Waals surface area contributed by atoms with Crippen molar-refractivity contribution in [2.45, 2.75) is 63.2 Å². The van der Waals surface area contributed by atoms with Gasteiger partial charge in [0.1, 0.15) is 0 Å². The number of nitrogens with one attached hydrogen (secondary N) is 1. The molecule has 2 fully saturated rings. The molecule has 0 amide bonds. The Hall–Kier alpha value is -0.130. The summed E-state index contributed by atoms with van der Waals surface area (Å²) in [5.74, 6) is 0. The first kappa shape index (κ1) is 14.3. The third-order valence-electron chi connectivity index (χ3n) is 4.21. The molecule has 106 valence electrons. The van der Waals surface area contributed by atoms with Crippen molar-refractivity contribution in [3.05, 3.63) is 0 Å². The zero-order chi connectivity index (χ0) is 13.0. The van der Waals surface area contributed by atoms with Crippen LogP contribution < -0.4 is 5.32 Å². The van der Waals surface area contributed by atoms with Crippen LogP contribution in [0.3, 0.4) is 0 Å². The second-order valence-corrected chi connectivity index (χ2v) is 7.71. The molecule has 5 heteroatoms. The van der Waals surface area contributed by atoms with Gasteiger partial charge in [0.05, 0.1) is 5.25 Å². The van der Waals surface area contributed by atoms with Crippen molar-refractivity contribution in [2.24, 2.45) is 0 Å². The largest absolute Gasteiger partial charge is 0.317 e. The van der Waals surface area contributed by atoms with Crippen LogP contribution in [0.15, 0.2) is 0 Å². The summed E-state index contributed by atoms with van der Waals surface area (Å²) in [6.45, 7) is 4.66. The van der Waals surface area contributed by atoms with Gasteiger partial charge in [0.25, 0.3) is 0 Å². The number of nitrogens with zero attached hydrogens (tertiary/aromatic N) is 1. The van der Waals surface area contributed by atoms with Gasteiger partial charge in [0, 0.05) is 12.6 Å². The number of hydrogen-bond donors (Lipinski definition) is 1. The summed E-state index contributed by atoms with van der Waals surface area (Å²) in [6, 6.07) is 0.233. The van der Waals surface area contributed by atoms with E-state index in [4.69, 9.17) is 0 Å². The molecule has 1 aliphatic carbocycles. The first-order valence-corrected chi connectivity index (χ1v) is 8.88. The van der Waals surface area contributed by atoms with Crippen LogP contribution in [-0.2, 0) is 10.0 Å². The Morgan fingerprint density at radius 2 is 1.72 bits per heavy atom. The Labute approximate surface area is 111 Å². The molecule has 0 atom stereocenters. The Morgan fingerprint density at radius 1 is 1.11 bits per heavy atom. The predicted molar refractivity (Wildman–Crippen MR) is 74.1 cm³/mol. The van der Waals surface area contributed by atoms with Crippen LogP contribution in [0.1, 0.15) is 51.9 Å². The predicted octanol–water partition coefficient (Wildman–Crippen LogP) is 1.72. The average molecular weight is 274 g/mol. The van der Waals surface area contributed by atoms with Crippen LogP contribution in [-0.4, -0.2) is 43.6 Å². The Bertz CT molecular complexity index is 344. The van der Waals surface area contributed by atoms with Gasteiger partial charge in [-0.3, -0.25) is 0 Å². The zero-order valence-electron chi connectivity index (χ0n) is 11.4.